The number of amidine groups is 1. The average molecular weight is 252 g/mol. The van der Waals surface area contributed by atoms with E-state index in [2.05, 4.69) is 10.1 Å². The van der Waals surface area contributed by atoms with E-state index in [0.29, 0.717) is 18.8 Å². The molecule has 1 heterocycles. The van der Waals surface area contributed by atoms with E-state index >= 15 is 0 Å². The van der Waals surface area contributed by atoms with Gasteiger partial charge in [0.2, 0.25) is 0 Å². The molecular formula is C12H20N4O2. The van der Waals surface area contributed by atoms with Gasteiger partial charge in [-0.2, -0.15) is 0 Å². The van der Waals surface area contributed by atoms with Crippen molar-refractivity contribution in [2.75, 3.05) is 13.6 Å². The Labute approximate surface area is 107 Å². The molecule has 0 bridgehead atoms. The van der Waals surface area contributed by atoms with E-state index < -0.39 is 5.60 Å². The normalized spacial score (nSPS) is 13.1. The Morgan fingerprint density at radius 3 is 2.78 bits per heavy atom. The molecule has 0 spiro atoms. The summed E-state index contributed by atoms with van der Waals surface area (Å²) in [6.45, 7) is 4.72. The van der Waals surface area contributed by atoms with Crippen molar-refractivity contribution < 1.29 is 10.3 Å². The van der Waals surface area contributed by atoms with Gasteiger partial charge in [0.1, 0.15) is 5.69 Å². The molecule has 6 heteroatoms. The quantitative estimate of drug-likeness (QED) is 0.305. The Kier molecular flexibility index (Phi) is 4.63. The molecule has 1 rings (SSSR count). The number of aliphatic hydroxyl groups is 1. The van der Waals surface area contributed by atoms with Crippen LogP contribution in [0.5, 0.6) is 0 Å². The van der Waals surface area contributed by atoms with Gasteiger partial charge in [-0.05, 0) is 38.6 Å². The second-order valence-corrected chi connectivity index (χ2v) is 5.02. The van der Waals surface area contributed by atoms with Crippen LogP contribution in [0.2, 0.25) is 0 Å². The van der Waals surface area contributed by atoms with Gasteiger partial charge in [0.25, 0.3) is 0 Å². The molecule has 0 aliphatic carbocycles. The third kappa shape index (κ3) is 4.68. The van der Waals surface area contributed by atoms with Crippen LogP contribution in [0.4, 0.5) is 0 Å². The third-order valence-corrected chi connectivity index (χ3v) is 2.30. The second kappa shape index (κ2) is 5.79. The van der Waals surface area contributed by atoms with Gasteiger partial charge in [0.05, 0.1) is 5.60 Å². The highest BCUT2D eigenvalue weighted by Gasteiger charge is 2.15. The van der Waals surface area contributed by atoms with Crippen LogP contribution in [0.1, 0.15) is 25.1 Å². The van der Waals surface area contributed by atoms with E-state index in [1.807, 2.05) is 18.0 Å². The smallest absolute Gasteiger partial charge is 0.188 e. The van der Waals surface area contributed by atoms with Crippen LogP contribution in [0.15, 0.2) is 23.5 Å². The molecule has 0 amide bonds. The molecule has 1 aromatic rings. The van der Waals surface area contributed by atoms with Gasteiger partial charge in [-0.1, -0.05) is 5.16 Å². The first kappa shape index (κ1) is 14.4. The number of pyridine rings is 1. The van der Waals surface area contributed by atoms with Crippen molar-refractivity contribution in [3.05, 3.63) is 29.6 Å². The molecule has 0 aliphatic rings. The summed E-state index contributed by atoms with van der Waals surface area (Å²) in [4.78, 5) is 6.00. The molecule has 0 radical (unpaired) electrons. The fraction of sp³-hybridized carbons (Fsp3) is 0.500. The highest BCUT2D eigenvalue weighted by molar-refractivity contribution is 5.95. The van der Waals surface area contributed by atoms with E-state index in [1.165, 1.54) is 0 Å². The number of hydrogen-bond acceptors (Lipinski definition) is 5. The molecule has 6 nitrogen and oxygen atoms in total. The molecule has 0 atom stereocenters. The lowest BCUT2D eigenvalue weighted by Crippen LogP contribution is -2.35. The average Bonchev–Trinajstić information content (AvgIpc) is 2.25. The Morgan fingerprint density at radius 2 is 2.22 bits per heavy atom. The third-order valence-electron chi connectivity index (χ3n) is 2.30. The minimum Gasteiger partial charge on any atom is -0.409 e. The van der Waals surface area contributed by atoms with Crippen LogP contribution in [0, 0.1) is 0 Å². The molecule has 0 aromatic carbocycles. The van der Waals surface area contributed by atoms with Crippen molar-refractivity contribution in [1.82, 2.24) is 9.88 Å². The topological polar surface area (TPSA) is 95.0 Å². The van der Waals surface area contributed by atoms with Crippen molar-refractivity contribution in [3.63, 3.8) is 0 Å². The zero-order valence-electron chi connectivity index (χ0n) is 11.0. The fourth-order valence-electron chi connectivity index (χ4n) is 1.79. The maximum atomic E-state index is 9.72. The summed E-state index contributed by atoms with van der Waals surface area (Å²) in [5.41, 5.74) is 6.16. The number of nitrogens with zero attached hydrogens (tertiary/aromatic N) is 3. The summed E-state index contributed by atoms with van der Waals surface area (Å²) < 4.78 is 0. The molecule has 0 fully saturated rings. The summed E-state index contributed by atoms with van der Waals surface area (Å²) in [5.74, 6) is -0.0120. The van der Waals surface area contributed by atoms with E-state index in [9.17, 15) is 5.11 Å². The standard InChI is InChI=1S/C12H20N4O2/c1-12(2,17)8-16(3)7-9-4-5-14-10(6-9)11(13)15-18/h4-6,17-18H,7-8H2,1-3H3,(H2,13,15). The lowest BCUT2D eigenvalue weighted by Gasteiger charge is -2.25. The molecule has 4 N–H and O–H groups in total. The fourth-order valence-corrected chi connectivity index (χ4v) is 1.79. The van der Waals surface area contributed by atoms with Crippen molar-refractivity contribution >= 4 is 5.84 Å². The SMILES string of the molecule is CN(Cc1ccnc(C(N)=NO)c1)CC(C)(C)O. The Morgan fingerprint density at radius 1 is 1.56 bits per heavy atom. The predicted molar refractivity (Wildman–Crippen MR) is 69.4 cm³/mol. The zero-order valence-corrected chi connectivity index (χ0v) is 11.0. The molecule has 0 saturated carbocycles. The number of hydrogen-bond donors (Lipinski definition) is 3. The molecule has 100 valence electrons. The van der Waals surface area contributed by atoms with E-state index in [0.717, 1.165) is 5.56 Å². The minimum atomic E-state index is -0.740. The van der Waals surface area contributed by atoms with Crippen LogP contribution in [-0.2, 0) is 6.54 Å². The maximum Gasteiger partial charge on any atom is 0.188 e. The largest absolute Gasteiger partial charge is 0.409 e. The van der Waals surface area contributed by atoms with E-state index in [-0.39, 0.29) is 5.84 Å². The summed E-state index contributed by atoms with van der Waals surface area (Å²) in [5, 5.41) is 21.2. The maximum absolute atomic E-state index is 9.72. The molecule has 1 aromatic heterocycles. The predicted octanol–water partition coefficient (Wildman–Crippen LogP) is 0.379. The van der Waals surface area contributed by atoms with Crippen molar-refractivity contribution in [1.29, 1.82) is 0 Å². The van der Waals surface area contributed by atoms with Crippen LogP contribution < -0.4 is 5.73 Å². The van der Waals surface area contributed by atoms with Crippen LogP contribution in [-0.4, -0.2) is 45.2 Å². The van der Waals surface area contributed by atoms with E-state index in [1.54, 1.807) is 26.1 Å². The first-order chi connectivity index (χ1) is 8.31. The lowest BCUT2D eigenvalue weighted by atomic mass is 10.1. The summed E-state index contributed by atoms with van der Waals surface area (Å²) in [6, 6.07) is 3.62. The minimum absolute atomic E-state index is 0.0120. The van der Waals surface area contributed by atoms with Gasteiger partial charge >= 0.3 is 0 Å². The van der Waals surface area contributed by atoms with Crippen molar-refractivity contribution in [2.24, 2.45) is 10.9 Å². The van der Waals surface area contributed by atoms with Gasteiger partial charge in [-0.15, -0.1) is 0 Å². The van der Waals surface area contributed by atoms with Gasteiger partial charge < -0.3 is 16.0 Å². The molecule has 0 unspecified atom stereocenters. The van der Waals surface area contributed by atoms with Gasteiger partial charge in [-0.25, -0.2) is 0 Å². The van der Waals surface area contributed by atoms with Gasteiger partial charge in [-0.3, -0.25) is 9.88 Å². The van der Waals surface area contributed by atoms with Crippen molar-refractivity contribution in [3.8, 4) is 0 Å². The highest BCUT2D eigenvalue weighted by Crippen LogP contribution is 2.09. The Hall–Kier alpha value is -1.66. The first-order valence-electron chi connectivity index (χ1n) is 5.65. The van der Waals surface area contributed by atoms with Crippen molar-refractivity contribution in [2.45, 2.75) is 26.0 Å². The molecular weight excluding hydrogens is 232 g/mol. The number of nitrogens with two attached hydrogens (primary N) is 1. The van der Waals surface area contributed by atoms with E-state index in [4.69, 9.17) is 10.9 Å². The van der Waals surface area contributed by atoms with Crippen LogP contribution in [0.25, 0.3) is 0 Å². The van der Waals surface area contributed by atoms with Gasteiger partial charge in [0.15, 0.2) is 5.84 Å². The highest BCUT2D eigenvalue weighted by atomic mass is 16.4. The number of oxime groups is 1. The number of rotatable bonds is 5. The lowest BCUT2D eigenvalue weighted by molar-refractivity contribution is 0.0425. The molecule has 18 heavy (non-hydrogen) atoms. The summed E-state index contributed by atoms with van der Waals surface area (Å²) in [6.07, 6.45) is 1.61. The Balaban J connectivity index is 2.74. The molecule has 0 saturated heterocycles. The summed E-state index contributed by atoms with van der Waals surface area (Å²) >= 11 is 0. The number of likely N-dealkylation sites (N-methyl/N-ethyl adjacent to an activating group) is 1. The number of aromatic nitrogens is 1. The second-order valence-electron chi connectivity index (χ2n) is 5.02. The zero-order chi connectivity index (χ0) is 13.8. The molecule has 0 aliphatic heterocycles. The van der Waals surface area contributed by atoms with Gasteiger partial charge in [0, 0.05) is 19.3 Å². The first-order valence-corrected chi connectivity index (χ1v) is 5.65. The van der Waals surface area contributed by atoms with Crippen LogP contribution in [0.3, 0.4) is 0 Å². The van der Waals surface area contributed by atoms with Crippen LogP contribution >= 0.6 is 0 Å². The monoisotopic (exact) mass is 252 g/mol. The Bertz CT molecular complexity index is 426. The summed E-state index contributed by atoms with van der Waals surface area (Å²) in [7, 11) is 1.92.